The van der Waals surface area contributed by atoms with Gasteiger partial charge in [-0.3, -0.25) is 19.9 Å². The number of hydrogen-bond acceptors (Lipinski definition) is 5. The fraction of sp³-hybridized carbons (Fsp3) is 0.406. The van der Waals surface area contributed by atoms with Gasteiger partial charge in [-0.05, 0) is 93.6 Å². The summed E-state index contributed by atoms with van der Waals surface area (Å²) in [6.07, 6.45) is -7.86. The largest absolute Gasteiger partial charge is 0.468 e. The molecule has 0 saturated carbocycles. The van der Waals surface area contributed by atoms with Crippen molar-refractivity contribution < 1.29 is 45.1 Å². The molecule has 3 aromatic rings. The molecule has 13 heteroatoms. The number of ether oxygens (including phenoxy) is 1. The lowest BCUT2D eigenvalue weighted by Crippen LogP contribution is -2.46. The van der Waals surface area contributed by atoms with E-state index >= 15 is 0 Å². The molecule has 1 aliphatic rings. The smallest absolute Gasteiger partial charge is 0.416 e. The quantitative estimate of drug-likeness (QED) is 0.223. The molecule has 1 aliphatic heterocycles. The molecule has 0 radical (unpaired) electrons. The van der Waals surface area contributed by atoms with Gasteiger partial charge in [0.1, 0.15) is 11.4 Å². The fourth-order valence-corrected chi connectivity index (χ4v) is 5.61. The predicted molar refractivity (Wildman–Crippen MR) is 153 cm³/mol. The highest BCUT2D eigenvalue weighted by molar-refractivity contribution is 6.03. The number of alkyl halides is 6. The summed E-state index contributed by atoms with van der Waals surface area (Å²) < 4.78 is 101. The van der Waals surface area contributed by atoms with E-state index in [-0.39, 0.29) is 11.8 Å². The lowest BCUT2D eigenvalue weighted by Gasteiger charge is -2.32. The van der Waals surface area contributed by atoms with E-state index in [2.05, 4.69) is 10.3 Å². The second-order valence-electron chi connectivity index (χ2n) is 11.9. The SMILES string of the molecule is COC(=O)[C@@]1(C)CC[C@H](c2cc(-c3ccc(F)cc3C)c(N(C)C(=O)C(C)(C)c3cc(C(F)(F)F)cc(C(F)(F)F)c3)cn2)N1. The Kier molecular flexibility index (Phi) is 8.84. The Labute approximate surface area is 255 Å². The van der Waals surface area contributed by atoms with Crippen LogP contribution in [-0.4, -0.2) is 36.6 Å². The highest BCUT2D eigenvalue weighted by atomic mass is 19.4. The number of pyridine rings is 1. The van der Waals surface area contributed by atoms with Crippen molar-refractivity contribution in [2.24, 2.45) is 0 Å². The van der Waals surface area contributed by atoms with E-state index in [1.54, 1.807) is 19.9 Å². The molecule has 1 amide bonds. The lowest BCUT2D eigenvalue weighted by atomic mass is 9.81. The molecule has 6 nitrogen and oxygen atoms in total. The van der Waals surface area contributed by atoms with E-state index in [4.69, 9.17) is 4.74 Å². The maximum absolute atomic E-state index is 14.1. The van der Waals surface area contributed by atoms with E-state index in [9.17, 15) is 40.3 Å². The number of likely N-dealkylation sites (N-methyl/N-ethyl adjacent to an activating group) is 1. The van der Waals surface area contributed by atoms with E-state index in [1.807, 2.05) is 0 Å². The van der Waals surface area contributed by atoms with Gasteiger partial charge in [0.2, 0.25) is 5.91 Å². The van der Waals surface area contributed by atoms with Gasteiger partial charge < -0.3 is 9.64 Å². The first kappa shape index (κ1) is 33.9. The molecular formula is C32H32F7N3O3. The molecule has 2 aromatic carbocycles. The summed E-state index contributed by atoms with van der Waals surface area (Å²) in [7, 11) is 2.62. The molecule has 2 heterocycles. The van der Waals surface area contributed by atoms with Gasteiger partial charge in [0.25, 0.3) is 0 Å². The summed E-state index contributed by atoms with van der Waals surface area (Å²) in [6.45, 7) is 5.83. The Morgan fingerprint density at radius 1 is 0.956 bits per heavy atom. The van der Waals surface area contributed by atoms with Crippen molar-refractivity contribution >= 4 is 17.6 Å². The maximum atomic E-state index is 14.1. The third-order valence-electron chi connectivity index (χ3n) is 8.31. The third kappa shape index (κ3) is 6.68. The van der Waals surface area contributed by atoms with Gasteiger partial charge in [-0.2, -0.15) is 26.3 Å². The standard InChI is InChI=1S/C32H32F7N3O3/c1-17-11-21(33)7-8-22(17)23-15-25(24-9-10-30(4,41-24)28(44)45-6)40-16-26(23)42(5)27(43)29(2,3)18-12-19(31(34,35)36)14-20(13-18)32(37,38)39/h7-8,11-16,24,41H,9-10H2,1-6H3/t24-,30-/m1/s1. The van der Waals surface area contributed by atoms with Crippen LogP contribution in [0.15, 0.2) is 48.7 Å². The van der Waals surface area contributed by atoms with Crippen LogP contribution in [0.2, 0.25) is 0 Å². The second kappa shape index (κ2) is 11.7. The fourth-order valence-electron chi connectivity index (χ4n) is 5.61. The minimum absolute atomic E-state index is 0.00801. The summed E-state index contributed by atoms with van der Waals surface area (Å²) in [5.74, 6) is -1.77. The number of anilines is 1. The first-order chi connectivity index (χ1) is 20.7. The normalized spacial score (nSPS) is 19.0. The van der Waals surface area contributed by atoms with Gasteiger partial charge in [-0.1, -0.05) is 6.07 Å². The topological polar surface area (TPSA) is 71.5 Å². The highest BCUT2D eigenvalue weighted by Crippen LogP contribution is 2.42. The Morgan fingerprint density at radius 2 is 1.53 bits per heavy atom. The number of hydrogen-bond donors (Lipinski definition) is 1. The molecule has 1 N–H and O–H groups in total. The Hall–Kier alpha value is -4.00. The van der Waals surface area contributed by atoms with Crippen molar-refractivity contribution in [3.63, 3.8) is 0 Å². The molecule has 4 rings (SSSR count). The number of aromatic nitrogens is 1. The van der Waals surface area contributed by atoms with E-state index in [0.717, 1.165) is 4.90 Å². The van der Waals surface area contributed by atoms with Crippen LogP contribution in [0, 0.1) is 12.7 Å². The van der Waals surface area contributed by atoms with Gasteiger partial charge in [-0.15, -0.1) is 0 Å². The average molecular weight is 640 g/mol. The van der Waals surface area contributed by atoms with Gasteiger partial charge in [0.05, 0.1) is 47.3 Å². The van der Waals surface area contributed by atoms with Crippen molar-refractivity contribution in [3.05, 3.63) is 82.4 Å². The number of esters is 1. The first-order valence-electron chi connectivity index (χ1n) is 13.9. The van der Waals surface area contributed by atoms with Crippen molar-refractivity contribution in [1.82, 2.24) is 10.3 Å². The molecule has 0 spiro atoms. The van der Waals surface area contributed by atoms with Crippen LogP contribution in [-0.2, 0) is 32.1 Å². The molecule has 0 bridgehead atoms. The lowest BCUT2D eigenvalue weighted by molar-refractivity contribution is -0.147. The number of amides is 1. The molecule has 0 aliphatic carbocycles. The van der Waals surface area contributed by atoms with Crippen molar-refractivity contribution in [3.8, 4) is 11.1 Å². The minimum atomic E-state index is -5.09. The minimum Gasteiger partial charge on any atom is -0.468 e. The molecule has 45 heavy (non-hydrogen) atoms. The van der Waals surface area contributed by atoms with Gasteiger partial charge in [0.15, 0.2) is 0 Å². The van der Waals surface area contributed by atoms with Crippen molar-refractivity contribution in [2.75, 3.05) is 19.1 Å². The Bertz CT molecular complexity index is 1600. The zero-order valence-electron chi connectivity index (χ0n) is 25.4. The number of nitrogens with one attached hydrogen (secondary N) is 1. The van der Waals surface area contributed by atoms with Gasteiger partial charge in [0, 0.05) is 12.6 Å². The number of carbonyl (C=O) groups excluding carboxylic acids is 2. The molecule has 242 valence electrons. The molecule has 1 saturated heterocycles. The van der Waals surface area contributed by atoms with E-state index in [1.165, 1.54) is 52.4 Å². The van der Waals surface area contributed by atoms with Crippen LogP contribution in [0.4, 0.5) is 36.4 Å². The second-order valence-corrected chi connectivity index (χ2v) is 11.9. The summed E-state index contributed by atoms with van der Waals surface area (Å²) >= 11 is 0. The van der Waals surface area contributed by atoms with Gasteiger partial charge in [-0.25, -0.2) is 4.39 Å². The zero-order chi connectivity index (χ0) is 33.7. The van der Waals surface area contributed by atoms with Crippen LogP contribution >= 0.6 is 0 Å². The summed E-state index contributed by atoms with van der Waals surface area (Å²) in [5.41, 5.74) is -4.27. The Balaban J connectivity index is 1.81. The van der Waals surface area contributed by atoms with E-state index < -0.39 is 63.7 Å². The van der Waals surface area contributed by atoms with Crippen LogP contribution in [0.25, 0.3) is 11.1 Å². The molecule has 0 unspecified atom stereocenters. The number of benzene rings is 2. The van der Waals surface area contributed by atoms with Crippen LogP contribution in [0.3, 0.4) is 0 Å². The highest BCUT2D eigenvalue weighted by Gasteiger charge is 2.44. The maximum Gasteiger partial charge on any atom is 0.416 e. The third-order valence-corrected chi connectivity index (χ3v) is 8.31. The predicted octanol–water partition coefficient (Wildman–Crippen LogP) is 7.53. The number of halogens is 7. The first-order valence-corrected chi connectivity index (χ1v) is 13.9. The zero-order valence-corrected chi connectivity index (χ0v) is 25.4. The molecule has 1 fully saturated rings. The number of nitrogens with zero attached hydrogens (tertiary/aromatic N) is 2. The van der Waals surface area contributed by atoms with Crippen LogP contribution < -0.4 is 10.2 Å². The number of methoxy groups -OCH3 is 1. The van der Waals surface area contributed by atoms with Crippen molar-refractivity contribution in [2.45, 2.75) is 69.9 Å². The summed E-state index contributed by atoms with van der Waals surface area (Å²) in [4.78, 5) is 31.9. The molecule has 2 atom stereocenters. The van der Waals surface area contributed by atoms with Crippen LogP contribution in [0.5, 0.6) is 0 Å². The molecular weight excluding hydrogens is 607 g/mol. The monoisotopic (exact) mass is 639 g/mol. The average Bonchev–Trinajstić information content (AvgIpc) is 3.37. The van der Waals surface area contributed by atoms with Crippen molar-refractivity contribution in [1.29, 1.82) is 0 Å². The summed E-state index contributed by atoms with van der Waals surface area (Å²) in [5, 5.41) is 3.23. The Morgan fingerprint density at radius 3 is 2.07 bits per heavy atom. The molecule has 1 aromatic heterocycles. The summed E-state index contributed by atoms with van der Waals surface area (Å²) in [6, 6.07) is 6.36. The number of rotatable bonds is 6. The van der Waals surface area contributed by atoms with E-state index in [0.29, 0.717) is 47.4 Å². The number of carbonyl (C=O) groups is 2. The van der Waals surface area contributed by atoms with Gasteiger partial charge >= 0.3 is 18.3 Å². The number of aryl methyl sites for hydroxylation is 1. The van der Waals surface area contributed by atoms with Crippen LogP contribution in [0.1, 0.15) is 67.6 Å².